The molecule has 1 N–H and O–H groups in total. The first-order chi connectivity index (χ1) is 15.7. The highest BCUT2D eigenvalue weighted by molar-refractivity contribution is 6.74. The van der Waals surface area contributed by atoms with Crippen LogP contribution in [0.2, 0.25) is 18.1 Å². The Balaban J connectivity index is 2.47. The molecule has 0 bridgehead atoms. The van der Waals surface area contributed by atoms with Crippen LogP contribution in [0.1, 0.15) is 34.6 Å². The molecule has 5 atom stereocenters. The van der Waals surface area contributed by atoms with Crippen molar-refractivity contribution in [3.8, 4) is 11.5 Å². The van der Waals surface area contributed by atoms with E-state index in [4.69, 9.17) is 28.1 Å². The van der Waals surface area contributed by atoms with Crippen LogP contribution in [0.5, 0.6) is 11.5 Å². The van der Waals surface area contributed by atoms with Crippen LogP contribution < -0.4 is 9.16 Å². The van der Waals surface area contributed by atoms with E-state index in [-0.39, 0.29) is 10.8 Å². The Hall–Kier alpha value is -2.63. The van der Waals surface area contributed by atoms with Gasteiger partial charge in [0.1, 0.15) is 11.9 Å². The van der Waals surface area contributed by atoms with Gasteiger partial charge in [0, 0.05) is 13.8 Å². The Bertz CT molecular complexity index is 894. The van der Waals surface area contributed by atoms with Crippen molar-refractivity contribution >= 4 is 26.2 Å². The molecule has 2 rings (SSSR count). The number of hydrogen-bond donors (Lipinski definition) is 1. The second-order valence-corrected chi connectivity index (χ2v) is 14.2. The predicted octanol–water partition coefficient (Wildman–Crippen LogP) is 2.57. The minimum absolute atomic E-state index is 0.0950. The van der Waals surface area contributed by atoms with Gasteiger partial charge in [-0.05, 0) is 30.3 Å². The van der Waals surface area contributed by atoms with E-state index in [0.717, 1.165) is 21.0 Å². The zero-order valence-electron chi connectivity index (χ0n) is 20.8. The molecule has 0 radical (unpaired) electrons. The van der Waals surface area contributed by atoms with Gasteiger partial charge in [0.15, 0.2) is 18.0 Å². The number of aliphatic hydroxyl groups is 1. The molecule has 1 aliphatic rings. The highest BCUT2D eigenvalue weighted by Gasteiger charge is 2.53. The first-order valence-corrected chi connectivity index (χ1v) is 13.8. The molecule has 34 heavy (non-hydrogen) atoms. The van der Waals surface area contributed by atoms with Gasteiger partial charge in [0.05, 0.1) is 7.11 Å². The van der Waals surface area contributed by atoms with Crippen molar-refractivity contribution in [1.82, 2.24) is 0 Å². The minimum Gasteiger partial charge on any atom is -0.541 e. The number of carbonyl (C=O) groups is 3. The quantitative estimate of drug-likeness (QED) is 0.340. The largest absolute Gasteiger partial charge is 0.541 e. The standard InChI is InChI=1S/C23H34O10Si/c1-13(24)29-18-17(26)19(21(27)28-6)32-22(20(18)30-14(2)25)31-15-11-9-10-12-16(15)33-34(7,8)23(3,4)5/h9-12,17-20,22,26H,1-8H3/t17-,18-,19-,20+,22+/m0/s1. The molecule has 1 saturated heterocycles. The number of carbonyl (C=O) groups excluding carboxylic acids is 3. The number of rotatable bonds is 7. The molecule has 1 aromatic rings. The van der Waals surface area contributed by atoms with Crippen LogP contribution in [0.25, 0.3) is 0 Å². The maximum atomic E-state index is 12.3. The number of benzene rings is 1. The Morgan fingerprint density at radius 2 is 1.50 bits per heavy atom. The molecule has 0 saturated carbocycles. The van der Waals surface area contributed by atoms with Gasteiger partial charge < -0.3 is 33.2 Å². The summed E-state index contributed by atoms with van der Waals surface area (Å²) >= 11 is 0. The lowest BCUT2D eigenvalue weighted by molar-refractivity contribution is -0.279. The van der Waals surface area contributed by atoms with Gasteiger partial charge in [-0.1, -0.05) is 32.9 Å². The first-order valence-electron chi connectivity index (χ1n) is 10.9. The zero-order valence-corrected chi connectivity index (χ0v) is 21.8. The van der Waals surface area contributed by atoms with Crippen LogP contribution in [-0.2, 0) is 33.3 Å². The average molecular weight is 499 g/mol. The SMILES string of the molecule is COC(=O)[C@H]1O[C@@H](Oc2ccccc2O[Si](C)(C)C(C)(C)C)[C@H](OC(C)=O)[C@@H](OC(C)=O)[C@@H]1O. The molecule has 1 aromatic carbocycles. The van der Waals surface area contributed by atoms with Crippen LogP contribution in [-0.4, -0.2) is 69.1 Å². The molecule has 0 unspecified atom stereocenters. The van der Waals surface area contributed by atoms with Gasteiger partial charge in [0.2, 0.25) is 12.4 Å². The summed E-state index contributed by atoms with van der Waals surface area (Å²) in [5.74, 6) is -1.70. The van der Waals surface area contributed by atoms with Crippen LogP contribution >= 0.6 is 0 Å². The van der Waals surface area contributed by atoms with Gasteiger partial charge in [0.25, 0.3) is 8.32 Å². The highest BCUT2D eigenvalue weighted by atomic mass is 28.4. The van der Waals surface area contributed by atoms with Gasteiger partial charge in [-0.2, -0.15) is 0 Å². The molecule has 0 aliphatic carbocycles. The van der Waals surface area contributed by atoms with E-state index in [1.165, 1.54) is 0 Å². The van der Waals surface area contributed by atoms with Crippen molar-refractivity contribution in [3.63, 3.8) is 0 Å². The number of hydrogen-bond acceptors (Lipinski definition) is 10. The Kier molecular flexibility index (Phi) is 8.73. The smallest absolute Gasteiger partial charge is 0.338 e. The Morgan fingerprint density at radius 3 is 2.00 bits per heavy atom. The third-order valence-electron chi connectivity index (χ3n) is 5.82. The summed E-state index contributed by atoms with van der Waals surface area (Å²) in [6, 6.07) is 6.86. The molecule has 0 spiro atoms. The van der Waals surface area contributed by atoms with Crippen molar-refractivity contribution < 1.29 is 47.6 Å². The van der Waals surface area contributed by atoms with Crippen LogP contribution in [0.3, 0.4) is 0 Å². The van der Waals surface area contributed by atoms with E-state index < -0.39 is 56.9 Å². The Morgan fingerprint density at radius 1 is 0.971 bits per heavy atom. The van der Waals surface area contributed by atoms with Crippen molar-refractivity contribution in [2.24, 2.45) is 0 Å². The number of ether oxygens (including phenoxy) is 5. The Labute approximate surface area is 200 Å². The van der Waals surface area contributed by atoms with Crippen molar-refractivity contribution in [1.29, 1.82) is 0 Å². The molecule has 190 valence electrons. The average Bonchev–Trinajstić information content (AvgIpc) is 2.71. The van der Waals surface area contributed by atoms with E-state index in [2.05, 4.69) is 33.9 Å². The molecule has 1 heterocycles. The lowest BCUT2D eigenvalue weighted by Crippen LogP contribution is -2.63. The number of esters is 3. The summed E-state index contributed by atoms with van der Waals surface area (Å²) in [5, 5.41) is 10.6. The normalized spacial score (nSPS) is 25.1. The lowest BCUT2D eigenvalue weighted by atomic mass is 9.98. The summed E-state index contributed by atoms with van der Waals surface area (Å²) in [6.45, 7) is 12.7. The second-order valence-electron chi connectivity index (χ2n) is 9.51. The molecule has 0 amide bonds. The minimum atomic E-state index is -2.26. The van der Waals surface area contributed by atoms with E-state index in [1.54, 1.807) is 24.3 Å². The fourth-order valence-electron chi connectivity index (χ4n) is 3.06. The number of aliphatic hydroxyl groups excluding tert-OH is 1. The lowest BCUT2D eigenvalue weighted by Gasteiger charge is -2.42. The van der Waals surface area contributed by atoms with Gasteiger partial charge in [-0.15, -0.1) is 0 Å². The summed E-state index contributed by atoms with van der Waals surface area (Å²) in [5.41, 5.74) is 0. The summed E-state index contributed by atoms with van der Waals surface area (Å²) < 4.78 is 33.3. The first kappa shape index (κ1) is 27.6. The number of para-hydroxylation sites is 2. The molecule has 1 aliphatic heterocycles. The second kappa shape index (κ2) is 10.7. The summed E-state index contributed by atoms with van der Waals surface area (Å²) in [7, 11) is -1.14. The van der Waals surface area contributed by atoms with E-state index in [9.17, 15) is 19.5 Å². The molecular formula is C23H34O10Si. The van der Waals surface area contributed by atoms with Gasteiger partial charge in [-0.25, -0.2) is 4.79 Å². The van der Waals surface area contributed by atoms with Crippen molar-refractivity contribution in [3.05, 3.63) is 24.3 Å². The third-order valence-corrected chi connectivity index (χ3v) is 10.2. The van der Waals surface area contributed by atoms with Crippen molar-refractivity contribution in [2.75, 3.05) is 7.11 Å². The van der Waals surface area contributed by atoms with Gasteiger partial charge >= 0.3 is 17.9 Å². The fourth-order valence-corrected chi connectivity index (χ4v) is 4.08. The topological polar surface area (TPSA) is 127 Å². The molecular weight excluding hydrogens is 464 g/mol. The zero-order chi connectivity index (χ0) is 25.8. The maximum Gasteiger partial charge on any atom is 0.338 e. The molecule has 0 aromatic heterocycles. The molecule has 11 heteroatoms. The molecule has 1 fully saturated rings. The van der Waals surface area contributed by atoms with E-state index in [1.807, 2.05) is 0 Å². The van der Waals surface area contributed by atoms with E-state index in [0.29, 0.717) is 5.75 Å². The highest BCUT2D eigenvalue weighted by Crippen LogP contribution is 2.41. The van der Waals surface area contributed by atoms with Crippen LogP contribution in [0, 0.1) is 0 Å². The number of methoxy groups -OCH3 is 1. The van der Waals surface area contributed by atoms with Crippen LogP contribution in [0.4, 0.5) is 0 Å². The summed E-state index contributed by atoms with van der Waals surface area (Å²) in [6.07, 6.45) is -7.47. The maximum absolute atomic E-state index is 12.3. The third kappa shape index (κ3) is 6.48. The van der Waals surface area contributed by atoms with Crippen LogP contribution in [0.15, 0.2) is 24.3 Å². The summed E-state index contributed by atoms with van der Waals surface area (Å²) in [4.78, 5) is 35.8. The van der Waals surface area contributed by atoms with E-state index >= 15 is 0 Å². The predicted molar refractivity (Wildman–Crippen MR) is 123 cm³/mol. The molecule has 10 nitrogen and oxygen atoms in total. The monoisotopic (exact) mass is 498 g/mol. The van der Waals surface area contributed by atoms with Crippen molar-refractivity contribution in [2.45, 2.75) is 83.5 Å². The van der Waals surface area contributed by atoms with Gasteiger partial charge in [-0.3, -0.25) is 9.59 Å². The fraction of sp³-hybridized carbons (Fsp3) is 0.609.